The van der Waals surface area contributed by atoms with Crippen LogP contribution in [0.4, 0.5) is 5.82 Å². The van der Waals surface area contributed by atoms with E-state index in [2.05, 4.69) is 20.3 Å². The first kappa shape index (κ1) is 12.3. The van der Waals surface area contributed by atoms with E-state index >= 15 is 0 Å². The third-order valence-electron chi connectivity index (χ3n) is 2.52. The molecule has 0 saturated heterocycles. The molecule has 0 atom stereocenters. The molecule has 5 nitrogen and oxygen atoms in total. The molecule has 0 aromatic carbocycles. The summed E-state index contributed by atoms with van der Waals surface area (Å²) in [6.45, 7) is 2.81. The van der Waals surface area contributed by atoms with E-state index in [4.69, 9.17) is 4.74 Å². The summed E-state index contributed by atoms with van der Waals surface area (Å²) in [5, 5.41) is 3.16. The molecule has 2 aromatic heterocycles. The minimum atomic E-state index is 0.678. The van der Waals surface area contributed by atoms with Crippen molar-refractivity contribution in [1.29, 1.82) is 0 Å². The standard InChI is InChI=1S/C13H16N4O/c1-3-15-13-12(18-2)11(16-9-17-13)7-10-5-4-6-14-8-10/h4-6,8-9H,3,7H2,1-2H3,(H,15,16,17). The minimum absolute atomic E-state index is 0.678. The molecule has 0 amide bonds. The largest absolute Gasteiger partial charge is 0.491 e. The second-order valence-electron chi connectivity index (χ2n) is 3.77. The van der Waals surface area contributed by atoms with Gasteiger partial charge in [-0.3, -0.25) is 4.98 Å². The van der Waals surface area contributed by atoms with Crippen molar-refractivity contribution in [2.45, 2.75) is 13.3 Å². The van der Waals surface area contributed by atoms with E-state index in [1.807, 2.05) is 25.3 Å². The summed E-state index contributed by atoms with van der Waals surface area (Å²) in [5.74, 6) is 1.43. The molecule has 18 heavy (non-hydrogen) atoms. The van der Waals surface area contributed by atoms with Crippen LogP contribution in [0.1, 0.15) is 18.2 Å². The lowest BCUT2D eigenvalue weighted by molar-refractivity contribution is 0.407. The number of anilines is 1. The van der Waals surface area contributed by atoms with E-state index in [1.165, 1.54) is 0 Å². The van der Waals surface area contributed by atoms with Gasteiger partial charge in [0.05, 0.1) is 12.8 Å². The molecule has 0 fully saturated rings. The number of aromatic nitrogens is 3. The number of methoxy groups -OCH3 is 1. The molecule has 1 N–H and O–H groups in total. The highest BCUT2D eigenvalue weighted by Gasteiger charge is 2.11. The summed E-state index contributed by atoms with van der Waals surface area (Å²) < 4.78 is 5.39. The van der Waals surface area contributed by atoms with E-state index in [9.17, 15) is 0 Å². The van der Waals surface area contributed by atoms with Crippen molar-refractivity contribution in [3.05, 3.63) is 42.1 Å². The Morgan fingerprint density at radius 2 is 2.22 bits per heavy atom. The lowest BCUT2D eigenvalue weighted by atomic mass is 10.1. The van der Waals surface area contributed by atoms with E-state index in [1.54, 1.807) is 19.6 Å². The van der Waals surface area contributed by atoms with Crippen LogP contribution in [0.15, 0.2) is 30.9 Å². The molecule has 0 aliphatic heterocycles. The Kier molecular flexibility index (Phi) is 4.06. The zero-order valence-corrected chi connectivity index (χ0v) is 10.6. The van der Waals surface area contributed by atoms with Crippen LogP contribution in [0.5, 0.6) is 5.75 Å². The van der Waals surface area contributed by atoms with Crippen LogP contribution < -0.4 is 10.1 Å². The van der Waals surface area contributed by atoms with Crippen molar-refractivity contribution in [3.63, 3.8) is 0 Å². The first-order chi connectivity index (χ1) is 8.85. The van der Waals surface area contributed by atoms with Gasteiger partial charge < -0.3 is 10.1 Å². The Hall–Kier alpha value is -2.17. The molecule has 0 saturated carbocycles. The molecule has 0 aliphatic rings. The topological polar surface area (TPSA) is 59.9 Å². The summed E-state index contributed by atoms with van der Waals surface area (Å²) in [4.78, 5) is 12.6. The predicted octanol–water partition coefficient (Wildman–Crippen LogP) is 1.90. The number of nitrogens with one attached hydrogen (secondary N) is 1. The van der Waals surface area contributed by atoms with E-state index in [0.717, 1.165) is 23.6 Å². The number of ether oxygens (including phenoxy) is 1. The smallest absolute Gasteiger partial charge is 0.183 e. The highest BCUT2D eigenvalue weighted by atomic mass is 16.5. The summed E-state index contributed by atoms with van der Waals surface area (Å²) in [7, 11) is 1.63. The highest BCUT2D eigenvalue weighted by molar-refractivity contribution is 5.52. The molecule has 2 aromatic rings. The third kappa shape index (κ3) is 2.74. The van der Waals surface area contributed by atoms with Gasteiger partial charge in [-0.05, 0) is 18.6 Å². The molecule has 0 radical (unpaired) electrons. The molecule has 0 bridgehead atoms. The number of rotatable bonds is 5. The summed E-state index contributed by atoms with van der Waals surface area (Å²) in [5.41, 5.74) is 1.95. The fourth-order valence-electron chi connectivity index (χ4n) is 1.74. The first-order valence-corrected chi connectivity index (χ1v) is 5.85. The highest BCUT2D eigenvalue weighted by Crippen LogP contribution is 2.26. The summed E-state index contributed by atoms with van der Waals surface area (Å²) in [6.07, 6.45) is 5.81. The Morgan fingerprint density at radius 1 is 1.33 bits per heavy atom. The predicted molar refractivity (Wildman–Crippen MR) is 69.8 cm³/mol. The number of pyridine rings is 1. The molecule has 2 heterocycles. The molecule has 94 valence electrons. The molecule has 5 heteroatoms. The second-order valence-corrected chi connectivity index (χ2v) is 3.77. The maximum atomic E-state index is 5.39. The van der Waals surface area contributed by atoms with Crippen molar-refractivity contribution < 1.29 is 4.74 Å². The quantitative estimate of drug-likeness (QED) is 0.870. The Morgan fingerprint density at radius 3 is 2.89 bits per heavy atom. The maximum absolute atomic E-state index is 5.39. The first-order valence-electron chi connectivity index (χ1n) is 5.85. The Bertz CT molecular complexity index is 502. The van der Waals surface area contributed by atoms with Gasteiger partial charge >= 0.3 is 0 Å². The van der Waals surface area contributed by atoms with Crippen molar-refractivity contribution in [3.8, 4) is 5.75 Å². The van der Waals surface area contributed by atoms with Gasteiger partial charge in [-0.2, -0.15) is 0 Å². The number of hydrogen-bond acceptors (Lipinski definition) is 5. The lowest BCUT2D eigenvalue weighted by Crippen LogP contribution is -2.06. The molecule has 0 unspecified atom stereocenters. The molecular weight excluding hydrogens is 228 g/mol. The van der Waals surface area contributed by atoms with Gasteiger partial charge in [-0.1, -0.05) is 6.07 Å². The van der Waals surface area contributed by atoms with Crippen LogP contribution in [0, 0.1) is 0 Å². The van der Waals surface area contributed by atoms with Crippen molar-refractivity contribution >= 4 is 5.82 Å². The third-order valence-corrected chi connectivity index (χ3v) is 2.52. The Labute approximate surface area is 106 Å². The SMILES string of the molecule is CCNc1ncnc(Cc2cccnc2)c1OC. The van der Waals surface area contributed by atoms with Gasteiger partial charge in [-0.25, -0.2) is 9.97 Å². The van der Waals surface area contributed by atoms with Crippen LogP contribution >= 0.6 is 0 Å². The van der Waals surface area contributed by atoms with Gasteiger partial charge in [0.15, 0.2) is 11.6 Å². The van der Waals surface area contributed by atoms with E-state index in [-0.39, 0.29) is 0 Å². The van der Waals surface area contributed by atoms with Gasteiger partial charge in [-0.15, -0.1) is 0 Å². The lowest BCUT2D eigenvalue weighted by Gasteiger charge is -2.12. The molecule has 0 spiro atoms. The summed E-state index contributed by atoms with van der Waals surface area (Å²) >= 11 is 0. The fraction of sp³-hybridized carbons (Fsp3) is 0.308. The monoisotopic (exact) mass is 244 g/mol. The maximum Gasteiger partial charge on any atom is 0.183 e. The fourth-order valence-corrected chi connectivity index (χ4v) is 1.74. The normalized spacial score (nSPS) is 10.1. The van der Waals surface area contributed by atoms with Gasteiger partial charge in [0.1, 0.15) is 6.33 Å². The minimum Gasteiger partial charge on any atom is -0.491 e. The zero-order chi connectivity index (χ0) is 12.8. The molecule has 2 rings (SSSR count). The summed E-state index contributed by atoms with van der Waals surface area (Å²) in [6, 6.07) is 3.93. The van der Waals surface area contributed by atoms with Crippen LogP contribution in [0.3, 0.4) is 0 Å². The zero-order valence-electron chi connectivity index (χ0n) is 10.6. The van der Waals surface area contributed by atoms with Crippen LogP contribution in [-0.4, -0.2) is 28.6 Å². The average molecular weight is 244 g/mol. The average Bonchev–Trinajstić information content (AvgIpc) is 2.41. The van der Waals surface area contributed by atoms with Crippen LogP contribution in [-0.2, 0) is 6.42 Å². The van der Waals surface area contributed by atoms with Gasteiger partial charge in [0.25, 0.3) is 0 Å². The van der Waals surface area contributed by atoms with Crippen molar-refractivity contribution in [2.24, 2.45) is 0 Å². The molecular formula is C13H16N4O. The second kappa shape index (κ2) is 5.95. The van der Waals surface area contributed by atoms with Crippen LogP contribution in [0.2, 0.25) is 0 Å². The number of hydrogen-bond donors (Lipinski definition) is 1. The van der Waals surface area contributed by atoms with Crippen molar-refractivity contribution in [2.75, 3.05) is 19.0 Å². The van der Waals surface area contributed by atoms with Gasteiger partial charge in [0.2, 0.25) is 0 Å². The van der Waals surface area contributed by atoms with E-state index < -0.39 is 0 Å². The number of nitrogens with zero attached hydrogens (tertiary/aromatic N) is 3. The van der Waals surface area contributed by atoms with Gasteiger partial charge in [0, 0.05) is 25.4 Å². The van der Waals surface area contributed by atoms with Crippen LogP contribution in [0.25, 0.3) is 0 Å². The Balaban J connectivity index is 2.30. The van der Waals surface area contributed by atoms with Crippen molar-refractivity contribution in [1.82, 2.24) is 15.0 Å². The molecule has 0 aliphatic carbocycles. The van der Waals surface area contributed by atoms with E-state index in [0.29, 0.717) is 12.2 Å².